The second kappa shape index (κ2) is 7.03. The average Bonchev–Trinajstić information content (AvgIpc) is 3.38. The van der Waals surface area contributed by atoms with E-state index in [-0.39, 0.29) is 18.9 Å². The number of fused-ring (bicyclic) bond motifs is 2. The molecule has 0 radical (unpaired) electrons. The molecule has 150 valence electrons. The highest BCUT2D eigenvalue weighted by atomic mass is 19.1. The van der Waals surface area contributed by atoms with Gasteiger partial charge in [-0.3, -0.25) is 9.59 Å². The molecule has 1 amide bonds. The fraction of sp³-hybridized carbons (Fsp3) is 0.0952. The van der Waals surface area contributed by atoms with E-state index >= 15 is 0 Å². The number of amides is 1. The lowest BCUT2D eigenvalue weighted by Crippen LogP contribution is -2.28. The second-order valence-electron chi connectivity index (χ2n) is 6.71. The Hall–Kier alpha value is -4.14. The Morgan fingerprint density at radius 3 is 2.70 bits per heavy atom. The lowest BCUT2D eigenvalue weighted by Gasteiger charge is -2.07. The van der Waals surface area contributed by atoms with Crippen LogP contribution in [0, 0.1) is 5.82 Å². The maximum Gasteiger partial charge on any atom is 0.277 e. The van der Waals surface area contributed by atoms with Crippen LogP contribution in [-0.2, 0) is 11.3 Å². The molecule has 4 aromatic rings. The number of carbonyl (C=O) groups is 1. The standard InChI is InChI=1S/C21H15FN4O4/c22-14-2-4-15(5-3-14)23-20(27)11-25-7-8-26-17(21(25)28)10-16(24-26)13-1-6-18-19(9-13)30-12-29-18/h1-10H,11-12H2,(H,23,27). The zero-order valence-electron chi connectivity index (χ0n) is 15.5. The van der Waals surface area contributed by atoms with E-state index in [9.17, 15) is 14.0 Å². The summed E-state index contributed by atoms with van der Waals surface area (Å²) in [6, 6.07) is 12.5. The summed E-state index contributed by atoms with van der Waals surface area (Å²) in [7, 11) is 0. The van der Waals surface area contributed by atoms with Crippen molar-refractivity contribution in [2.75, 3.05) is 12.1 Å². The topological polar surface area (TPSA) is 86.9 Å². The lowest BCUT2D eigenvalue weighted by atomic mass is 10.1. The number of nitrogens with one attached hydrogen (secondary N) is 1. The number of nitrogens with zero attached hydrogens (tertiary/aromatic N) is 3. The molecule has 8 nitrogen and oxygen atoms in total. The molecule has 2 aromatic heterocycles. The first-order valence-corrected chi connectivity index (χ1v) is 9.11. The van der Waals surface area contributed by atoms with Crippen LogP contribution in [0.3, 0.4) is 0 Å². The van der Waals surface area contributed by atoms with Gasteiger partial charge in [-0.15, -0.1) is 0 Å². The Morgan fingerprint density at radius 1 is 1.07 bits per heavy atom. The first-order chi connectivity index (χ1) is 14.6. The highest BCUT2D eigenvalue weighted by molar-refractivity contribution is 5.90. The van der Waals surface area contributed by atoms with Gasteiger partial charge in [-0.1, -0.05) is 0 Å². The summed E-state index contributed by atoms with van der Waals surface area (Å²) in [5.41, 5.74) is 1.80. The summed E-state index contributed by atoms with van der Waals surface area (Å²) in [6.07, 6.45) is 3.11. The monoisotopic (exact) mass is 406 g/mol. The molecule has 0 aliphatic carbocycles. The average molecular weight is 406 g/mol. The zero-order chi connectivity index (χ0) is 20.7. The molecule has 2 aromatic carbocycles. The number of ether oxygens (including phenoxy) is 2. The predicted octanol–water partition coefficient (Wildman–Crippen LogP) is 2.67. The van der Waals surface area contributed by atoms with Crippen LogP contribution in [0.1, 0.15) is 0 Å². The Morgan fingerprint density at radius 2 is 1.87 bits per heavy atom. The minimum atomic E-state index is -0.399. The van der Waals surface area contributed by atoms with Gasteiger partial charge in [0.05, 0.1) is 5.69 Å². The Balaban J connectivity index is 1.41. The summed E-state index contributed by atoms with van der Waals surface area (Å²) in [6.45, 7) is -0.00804. The largest absolute Gasteiger partial charge is 0.454 e. The third-order valence-corrected chi connectivity index (χ3v) is 4.71. The Kier molecular flexibility index (Phi) is 4.20. The van der Waals surface area contributed by atoms with Gasteiger partial charge in [0.25, 0.3) is 5.56 Å². The zero-order valence-corrected chi connectivity index (χ0v) is 15.5. The van der Waals surface area contributed by atoms with E-state index in [4.69, 9.17) is 9.47 Å². The van der Waals surface area contributed by atoms with Crippen molar-refractivity contribution in [3.8, 4) is 22.8 Å². The molecular weight excluding hydrogens is 391 g/mol. The van der Waals surface area contributed by atoms with Crippen molar-refractivity contribution in [2.45, 2.75) is 6.54 Å². The quantitative estimate of drug-likeness (QED) is 0.563. The summed E-state index contributed by atoms with van der Waals surface area (Å²) >= 11 is 0. The highest BCUT2D eigenvalue weighted by Gasteiger charge is 2.16. The SMILES string of the molecule is O=C(Cn1ccn2nc(-c3ccc4c(c3)OCO4)cc2c1=O)Nc1ccc(F)cc1. The van der Waals surface area contributed by atoms with Gasteiger partial charge in [0.1, 0.15) is 17.9 Å². The van der Waals surface area contributed by atoms with E-state index in [0.717, 1.165) is 5.56 Å². The van der Waals surface area contributed by atoms with Gasteiger partial charge in [-0.2, -0.15) is 5.10 Å². The molecule has 0 fully saturated rings. The van der Waals surface area contributed by atoms with Crippen molar-refractivity contribution in [1.29, 1.82) is 0 Å². The molecule has 9 heteroatoms. The van der Waals surface area contributed by atoms with Crippen molar-refractivity contribution in [3.05, 3.63) is 77.1 Å². The molecule has 0 atom stereocenters. The van der Waals surface area contributed by atoms with E-state index < -0.39 is 11.7 Å². The maximum atomic E-state index is 13.0. The Labute approximate surface area is 169 Å². The second-order valence-corrected chi connectivity index (χ2v) is 6.71. The lowest BCUT2D eigenvalue weighted by molar-refractivity contribution is -0.116. The van der Waals surface area contributed by atoms with Gasteiger partial charge < -0.3 is 19.4 Å². The van der Waals surface area contributed by atoms with Crippen molar-refractivity contribution >= 4 is 17.1 Å². The summed E-state index contributed by atoms with van der Waals surface area (Å²) in [5.74, 6) is 0.494. The number of anilines is 1. The van der Waals surface area contributed by atoms with Gasteiger partial charge in [0.2, 0.25) is 12.7 Å². The predicted molar refractivity (Wildman–Crippen MR) is 106 cm³/mol. The van der Waals surface area contributed by atoms with Gasteiger partial charge in [-0.05, 0) is 48.5 Å². The fourth-order valence-electron chi connectivity index (χ4n) is 3.24. The third-order valence-electron chi connectivity index (χ3n) is 4.71. The van der Waals surface area contributed by atoms with Crippen LogP contribution in [0.2, 0.25) is 0 Å². The minimum Gasteiger partial charge on any atom is -0.454 e. The van der Waals surface area contributed by atoms with Crippen LogP contribution in [-0.4, -0.2) is 26.9 Å². The normalized spacial score (nSPS) is 12.3. The maximum absolute atomic E-state index is 13.0. The minimum absolute atomic E-state index is 0.175. The van der Waals surface area contributed by atoms with Crippen LogP contribution in [0.15, 0.2) is 65.7 Å². The van der Waals surface area contributed by atoms with Crippen LogP contribution in [0.25, 0.3) is 16.8 Å². The first-order valence-electron chi connectivity index (χ1n) is 9.11. The van der Waals surface area contributed by atoms with Crippen LogP contribution in [0.4, 0.5) is 10.1 Å². The van der Waals surface area contributed by atoms with Crippen LogP contribution >= 0.6 is 0 Å². The molecule has 0 saturated heterocycles. The number of rotatable bonds is 4. The smallest absolute Gasteiger partial charge is 0.277 e. The van der Waals surface area contributed by atoms with Crippen molar-refractivity contribution in [2.24, 2.45) is 0 Å². The van der Waals surface area contributed by atoms with Crippen LogP contribution < -0.4 is 20.3 Å². The van der Waals surface area contributed by atoms with Crippen LogP contribution in [0.5, 0.6) is 11.5 Å². The van der Waals surface area contributed by atoms with Crippen molar-refractivity contribution < 1.29 is 18.7 Å². The molecule has 0 unspecified atom stereocenters. The van der Waals surface area contributed by atoms with Gasteiger partial charge in [0.15, 0.2) is 11.5 Å². The molecular formula is C21H15FN4O4. The van der Waals surface area contributed by atoms with E-state index in [2.05, 4.69) is 10.4 Å². The molecule has 5 rings (SSSR count). The number of benzene rings is 2. The number of hydrogen-bond donors (Lipinski definition) is 1. The van der Waals surface area contributed by atoms with E-state index in [1.165, 1.54) is 39.5 Å². The molecule has 3 heterocycles. The van der Waals surface area contributed by atoms with Crippen molar-refractivity contribution in [3.63, 3.8) is 0 Å². The summed E-state index contributed by atoms with van der Waals surface area (Å²) < 4.78 is 26.4. The van der Waals surface area contributed by atoms with Gasteiger partial charge in [-0.25, -0.2) is 8.91 Å². The fourth-order valence-corrected chi connectivity index (χ4v) is 3.24. The molecule has 1 aliphatic heterocycles. The highest BCUT2D eigenvalue weighted by Crippen LogP contribution is 2.35. The van der Waals surface area contributed by atoms with E-state index in [0.29, 0.717) is 28.4 Å². The molecule has 0 spiro atoms. The molecule has 30 heavy (non-hydrogen) atoms. The van der Waals surface area contributed by atoms with Gasteiger partial charge in [0, 0.05) is 23.6 Å². The summed E-state index contributed by atoms with van der Waals surface area (Å²) in [5, 5.41) is 7.07. The molecule has 0 bridgehead atoms. The summed E-state index contributed by atoms with van der Waals surface area (Å²) in [4.78, 5) is 25.1. The number of aromatic nitrogens is 3. The third kappa shape index (κ3) is 3.26. The number of hydrogen-bond acceptors (Lipinski definition) is 5. The van der Waals surface area contributed by atoms with Gasteiger partial charge >= 0.3 is 0 Å². The number of halogens is 1. The molecule has 0 saturated carbocycles. The van der Waals surface area contributed by atoms with E-state index in [1.807, 2.05) is 6.07 Å². The molecule has 1 aliphatic rings. The molecule has 1 N–H and O–H groups in total. The Bertz CT molecular complexity index is 1330. The number of carbonyl (C=O) groups excluding carboxylic acids is 1. The first kappa shape index (κ1) is 17.9. The van der Waals surface area contributed by atoms with E-state index in [1.54, 1.807) is 24.4 Å². The van der Waals surface area contributed by atoms with Crippen molar-refractivity contribution in [1.82, 2.24) is 14.2 Å².